The number of nitrogens with zero attached hydrogens (tertiary/aromatic N) is 3. The van der Waals surface area contributed by atoms with Crippen molar-refractivity contribution >= 4 is 27.3 Å². The molecule has 1 amide bonds. The summed E-state index contributed by atoms with van der Waals surface area (Å²) in [6, 6.07) is 12.0. The van der Waals surface area contributed by atoms with Crippen molar-refractivity contribution in [2.75, 3.05) is 0 Å². The summed E-state index contributed by atoms with van der Waals surface area (Å²) < 4.78 is 42.0. The Balaban J connectivity index is 1.97. The van der Waals surface area contributed by atoms with Crippen LogP contribution in [0.5, 0.6) is 0 Å². The number of carbonyl (C=O) groups excluding carboxylic acids is 1. The molecule has 0 aliphatic carbocycles. The third-order valence-corrected chi connectivity index (χ3v) is 7.09. The van der Waals surface area contributed by atoms with Gasteiger partial charge in [0.25, 0.3) is 5.91 Å². The summed E-state index contributed by atoms with van der Waals surface area (Å²) in [6.07, 6.45) is 1.50. The summed E-state index contributed by atoms with van der Waals surface area (Å²) in [5.41, 5.74) is 1.40. The van der Waals surface area contributed by atoms with Gasteiger partial charge < -0.3 is 9.47 Å². The molecule has 0 atom stereocenters. The molecular formula is C25H29ClFN3O3S. The van der Waals surface area contributed by atoms with Crippen molar-refractivity contribution in [1.29, 1.82) is 0 Å². The fraction of sp³-hybridized carbons (Fsp3) is 0.360. The lowest BCUT2D eigenvalue weighted by molar-refractivity contribution is 0.0684. The first kappa shape index (κ1) is 25.9. The zero-order valence-electron chi connectivity index (χ0n) is 19.7. The van der Waals surface area contributed by atoms with E-state index in [-0.39, 0.29) is 40.9 Å². The first-order valence-electron chi connectivity index (χ1n) is 11.1. The monoisotopic (exact) mass is 505 g/mol. The minimum Gasteiger partial charge on any atom is -0.330 e. The van der Waals surface area contributed by atoms with Crippen LogP contribution >= 0.6 is 11.6 Å². The molecule has 0 unspecified atom stereocenters. The molecule has 6 nitrogen and oxygen atoms in total. The van der Waals surface area contributed by atoms with Gasteiger partial charge in [-0.3, -0.25) is 4.79 Å². The van der Waals surface area contributed by atoms with Crippen LogP contribution in [0, 0.1) is 11.7 Å². The normalized spacial score (nSPS) is 11.9. The van der Waals surface area contributed by atoms with Crippen molar-refractivity contribution in [3.05, 3.63) is 82.4 Å². The average molecular weight is 506 g/mol. The Morgan fingerprint density at radius 3 is 2.44 bits per heavy atom. The van der Waals surface area contributed by atoms with Gasteiger partial charge in [0.15, 0.2) is 0 Å². The van der Waals surface area contributed by atoms with Crippen molar-refractivity contribution in [3.63, 3.8) is 0 Å². The van der Waals surface area contributed by atoms with Gasteiger partial charge >= 0.3 is 0 Å². The topological polar surface area (TPSA) is 72.3 Å². The van der Waals surface area contributed by atoms with Crippen LogP contribution in [0.1, 0.15) is 49.3 Å². The summed E-state index contributed by atoms with van der Waals surface area (Å²) in [4.78, 5) is 19.0. The largest absolute Gasteiger partial charge is 0.330 e. The van der Waals surface area contributed by atoms with E-state index in [1.54, 1.807) is 39.8 Å². The second-order valence-electron chi connectivity index (χ2n) is 8.96. The van der Waals surface area contributed by atoms with E-state index in [0.29, 0.717) is 22.8 Å². The Morgan fingerprint density at radius 1 is 1.12 bits per heavy atom. The van der Waals surface area contributed by atoms with E-state index in [0.717, 1.165) is 0 Å². The second-order valence-corrected chi connectivity index (χ2v) is 11.3. The van der Waals surface area contributed by atoms with Gasteiger partial charge in [0.1, 0.15) is 5.82 Å². The zero-order chi connectivity index (χ0) is 25.0. The Labute approximate surface area is 205 Å². The van der Waals surface area contributed by atoms with Gasteiger partial charge in [-0.15, -0.1) is 0 Å². The van der Waals surface area contributed by atoms with E-state index >= 15 is 0 Å². The summed E-state index contributed by atoms with van der Waals surface area (Å²) in [7, 11) is -3.78. The third kappa shape index (κ3) is 6.24. The summed E-state index contributed by atoms with van der Waals surface area (Å²) in [5.74, 6) is -0.929. The van der Waals surface area contributed by atoms with Crippen molar-refractivity contribution in [2.24, 2.45) is 5.92 Å². The van der Waals surface area contributed by atoms with E-state index < -0.39 is 15.7 Å². The molecule has 0 N–H and O–H groups in total. The number of rotatable bonds is 9. The van der Waals surface area contributed by atoms with Gasteiger partial charge in [-0.2, -0.15) is 0 Å². The summed E-state index contributed by atoms with van der Waals surface area (Å²) in [6.45, 7) is 8.23. The maximum atomic E-state index is 13.7. The number of imidazole rings is 1. The molecule has 3 rings (SSSR count). The molecule has 0 spiro atoms. The number of carbonyl (C=O) groups is 1. The molecule has 182 valence electrons. The molecule has 0 saturated carbocycles. The maximum absolute atomic E-state index is 13.7. The number of sulfone groups is 1. The van der Waals surface area contributed by atoms with Gasteiger partial charge in [-0.25, -0.2) is 17.8 Å². The molecule has 0 bridgehead atoms. The van der Waals surface area contributed by atoms with Crippen molar-refractivity contribution < 1.29 is 17.6 Å². The molecule has 0 fully saturated rings. The highest BCUT2D eigenvalue weighted by Crippen LogP contribution is 2.23. The van der Waals surface area contributed by atoms with E-state index in [4.69, 9.17) is 11.6 Å². The molecule has 34 heavy (non-hydrogen) atoms. The van der Waals surface area contributed by atoms with Crippen molar-refractivity contribution in [2.45, 2.75) is 57.7 Å². The maximum Gasteiger partial charge on any atom is 0.254 e. The fourth-order valence-electron chi connectivity index (χ4n) is 3.69. The van der Waals surface area contributed by atoms with Gasteiger partial charge in [-0.1, -0.05) is 43.6 Å². The molecule has 0 radical (unpaired) electrons. The highest BCUT2D eigenvalue weighted by Gasteiger charge is 2.27. The smallest absolute Gasteiger partial charge is 0.254 e. The van der Waals surface area contributed by atoms with Gasteiger partial charge in [0.2, 0.25) is 15.0 Å². The van der Waals surface area contributed by atoms with Crippen LogP contribution in [-0.4, -0.2) is 34.8 Å². The van der Waals surface area contributed by atoms with Crippen molar-refractivity contribution in [1.82, 2.24) is 14.5 Å². The minimum absolute atomic E-state index is 0.0434. The van der Waals surface area contributed by atoms with E-state index in [9.17, 15) is 17.6 Å². The fourth-order valence-corrected chi connectivity index (χ4v) is 5.39. The molecule has 2 aromatic carbocycles. The molecule has 1 heterocycles. The van der Waals surface area contributed by atoms with E-state index in [1.165, 1.54) is 24.4 Å². The summed E-state index contributed by atoms with van der Waals surface area (Å²) in [5, 5.41) is 0.417. The summed E-state index contributed by atoms with van der Waals surface area (Å²) >= 11 is 6.02. The SMILES string of the molecule is CC(C)Cn1c(CN(C(=O)c2cccc(F)c2)C(C)C)cnc1S(=O)(=O)Cc1cccc(Cl)c1. The molecule has 1 aromatic heterocycles. The predicted molar refractivity (Wildman–Crippen MR) is 131 cm³/mol. The van der Waals surface area contributed by atoms with Crippen LogP contribution in [0.15, 0.2) is 59.9 Å². The quantitative estimate of drug-likeness (QED) is 0.392. The van der Waals surface area contributed by atoms with Crippen LogP contribution in [0.25, 0.3) is 0 Å². The minimum atomic E-state index is -3.78. The lowest BCUT2D eigenvalue weighted by atomic mass is 10.1. The second kappa shape index (κ2) is 10.7. The Hall–Kier alpha value is -2.71. The Morgan fingerprint density at radius 2 is 1.82 bits per heavy atom. The van der Waals surface area contributed by atoms with Gasteiger partial charge in [0.05, 0.1) is 24.2 Å². The van der Waals surface area contributed by atoms with Crippen LogP contribution in [0.3, 0.4) is 0 Å². The van der Waals surface area contributed by atoms with Gasteiger partial charge in [-0.05, 0) is 55.7 Å². The molecule has 3 aromatic rings. The van der Waals surface area contributed by atoms with E-state index in [1.807, 2.05) is 27.7 Å². The highest BCUT2D eigenvalue weighted by molar-refractivity contribution is 7.90. The lowest BCUT2D eigenvalue weighted by Crippen LogP contribution is -2.37. The number of hydrogen-bond acceptors (Lipinski definition) is 4. The average Bonchev–Trinajstić information content (AvgIpc) is 3.13. The molecule has 0 aliphatic rings. The molecule has 0 aliphatic heterocycles. The lowest BCUT2D eigenvalue weighted by Gasteiger charge is -2.27. The van der Waals surface area contributed by atoms with Crippen molar-refractivity contribution in [3.8, 4) is 0 Å². The third-order valence-electron chi connectivity index (χ3n) is 5.26. The van der Waals surface area contributed by atoms with Crippen LogP contribution in [-0.2, 0) is 28.7 Å². The predicted octanol–water partition coefficient (Wildman–Crippen LogP) is 5.36. The first-order valence-corrected chi connectivity index (χ1v) is 13.1. The Bertz CT molecular complexity index is 1270. The number of aromatic nitrogens is 2. The van der Waals surface area contributed by atoms with Crippen LogP contribution in [0.4, 0.5) is 4.39 Å². The number of hydrogen-bond donors (Lipinski definition) is 0. The number of halogens is 2. The van der Waals surface area contributed by atoms with E-state index in [2.05, 4.69) is 4.98 Å². The highest BCUT2D eigenvalue weighted by atomic mass is 35.5. The number of amides is 1. The Kier molecular flexibility index (Phi) is 8.15. The number of benzene rings is 2. The molecule has 0 saturated heterocycles. The molecule has 9 heteroatoms. The molecular weight excluding hydrogens is 477 g/mol. The first-order chi connectivity index (χ1) is 16.0. The zero-order valence-corrected chi connectivity index (χ0v) is 21.3. The van der Waals surface area contributed by atoms with Gasteiger partial charge in [0, 0.05) is 23.2 Å². The van der Waals surface area contributed by atoms with Crippen LogP contribution in [0.2, 0.25) is 5.02 Å². The standard InChI is InChI=1S/C25H29ClFN3O3S/c1-17(2)14-30-23(15-29(18(3)4)24(31)20-8-6-10-22(27)12-20)13-28-25(30)34(32,33)16-19-7-5-9-21(26)11-19/h5-13,17-18H,14-16H2,1-4H3. The van der Waals surface area contributed by atoms with Crippen LogP contribution < -0.4 is 0 Å².